The number of thiazole rings is 1. The lowest BCUT2D eigenvalue weighted by molar-refractivity contribution is -0.274. The van der Waals surface area contributed by atoms with Gasteiger partial charge in [0.25, 0.3) is 0 Å². The highest BCUT2D eigenvalue weighted by Crippen LogP contribution is 2.46. The summed E-state index contributed by atoms with van der Waals surface area (Å²) in [6, 6.07) is 5.35. The summed E-state index contributed by atoms with van der Waals surface area (Å²) in [5.41, 5.74) is 0.453. The van der Waals surface area contributed by atoms with Gasteiger partial charge in [0.15, 0.2) is 6.29 Å². The van der Waals surface area contributed by atoms with Crippen LogP contribution in [-0.2, 0) is 9.47 Å². The van der Waals surface area contributed by atoms with Crippen molar-refractivity contribution < 1.29 is 42.3 Å². The number of alkyl halides is 3. The van der Waals surface area contributed by atoms with Gasteiger partial charge in [0.05, 0.1) is 24.9 Å². The molecule has 1 saturated carbocycles. The lowest BCUT2D eigenvalue weighted by Crippen LogP contribution is -2.33. The van der Waals surface area contributed by atoms with E-state index in [4.69, 9.17) is 14.2 Å². The number of aromatic nitrogens is 1. The zero-order valence-electron chi connectivity index (χ0n) is 18.8. The standard InChI is InChI=1S/C23H28F3NO6S/c1-12(2)31-22(29)17-11-34-21(27-17)19-7-6-15-16(18(28)9-20(15)32-19)10-30-13-4-3-5-14(8-13)33-23(24,25)26/h3-5,8,11-12,15-16,18-20,22,28-29H,6-7,9-10H2,1-2H3/t15-,16-,18-,19-,20+,22?/m1/s1. The van der Waals surface area contributed by atoms with Gasteiger partial charge in [-0.1, -0.05) is 6.07 Å². The van der Waals surface area contributed by atoms with Crippen LogP contribution in [0.1, 0.15) is 56.2 Å². The van der Waals surface area contributed by atoms with Crippen LogP contribution >= 0.6 is 11.3 Å². The molecule has 0 radical (unpaired) electrons. The van der Waals surface area contributed by atoms with Crippen LogP contribution in [0, 0.1) is 11.8 Å². The molecule has 34 heavy (non-hydrogen) atoms. The molecule has 1 aromatic carbocycles. The fraction of sp³-hybridized carbons (Fsp3) is 0.609. The zero-order valence-corrected chi connectivity index (χ0v) is 19.6. The van der Waals surface area contributed by atoms with E-state index in [1.807, 2.05) is 13.8 Å². The average Bonchev–Trinajstić information content (AvgIpc) is 3.35. The third-order valence-corrected chi connectivity index (χ3v) is 7.00. The van der Waals surface area contributed by atoms with Gasteiger partial charge < -0.3 is 29.2 Å². The second kappa shape index (κ2) is 10.4. The van der Waals surface area contributed by atoms with Crippen molar-refractivity contribution in [3.05, 3.63) is 40.3 Å². The molecule has 2 aromatic rings. The summed E-state index contributed by atoms with van der Waals surface area (Å²) in [6.45, 7) is 3.82. The molecule has 188 valence electrons. The highest BCUT2D eigenvalue weighted by Gasteiger charge is 2.47. The van der Waals surface area contributed by atoms with E-state index < -0.39 is 18.8 Å². The zero-order chi connectivity index (χ0) is 24.5. The van der Waals surface area contributed by atoms with Gasteiger partial charge in [0, 0.05) is 23.8 Å². The van der Waals surface area contributed by atoms with E-state index in [1.165, 1.54) is 29.5 Å². The monoisotopic (exact) mass is 503 g/mol. The Hall–Kier alpha value is -1.92. The number of nitrogens with zero attached hydrogens (tertiary/aromatic N) is 1. The molecule has 1 saturated heterocycles. The normalized spacial score (nSPS) is 28.1. The minimum atomic E-state index is -4.78. The van der Waals surface area contributed by atoms with E-state index in [1.54, 1.807) is 11.4 Å². The summed E-state index contributed by atoms with van der Waals surface area (Å²) < 4.78 is 58.7. The molecule has 0 spiro atoms. The molecular weight excluding hydrogens is 475 g/mol. The number of halogens is 3. The second-order valence-corrected chi connectivity index (χ2v) is 9.74. The van der Waals surface area contributed by atoms with E-state index in [0.29, 0.717) is 18.5 Å². The summed E-state index contributed by atoms with van der Waals surface area (Å²) >= 11 is 1.40. The first-order valence-electron chi connectivity index (χ1n) is 11.2. The van der Waals surface area contributed by atoms with Crippen LogP contribution in [0.4, 0.5) is 13.2 Å². The number of rotatable bonds is 8. The topological polar surface area (TPSA) is 90.3 Å². The first kappa shape index (κ1) is 25.2. The smallest absolute Gasteiger partial charge is 0.493 e. The Balaban J connectivity index is 1.34. The van der Waals surface area contributed by atoms with Crippen molar-refractivity contribution >= 4 is 11.3 Å². The molecule has 4 rings (SSSR count). The Morgan fingerprint density at radius 2 is 2.00 bits per heavy atom. The molecule has 0 amide bonds. The third-order valence-electron chi connectivity index (χ3n) is 6.05. The van der Waals surface area contributed by atoms with Gasteiger partial charge in [0.2, 0.25) is 0 Å². The quantitative estimate of drug-likeness (QED) is 0.503. The molecule has 7 nitrogen and oxygen atoms in total. The lowest BCUT2D eigenvalue weighted by atomic mass is 9.87. The fourth-order valence-corrected chi connectivity index (χ4v) is 5.48. The van der Waals surface area contributed by atoms with Gasteiger partial charge in [-0.05, 0) is 44.7 Å². The maximum Gasteiger partial charge on any atom is 0.573 e. The van der Waals surface area contributed by atoms with Gasteiger partial charge in [-0.2, -0.15) is 0 Å². The molecule has 1 aliphatic carbocycles. The maximum absolute atomic E-state index is 12.5. The number of benzene rings is 1. The van der Waals surface area contributed by atoms with Crippen LogP contribution in [0.25, 0.3) is 0 Å². The van der Waals surface area contributed by atoms with Crippen LogP contribution < -0.4 is 9.47 Å². The summed E-state index contributed by atoms with van der Waals surface area (Å²) in [4.78, 5) is 4.49. The average molecular weight is 504 g/mol. The molecule has 0 bridgehead atoms. The predicted molar refractivity (Wildman–Crippen MR) is 116 cm³/mol. The number of aliphatic hydroxyl groups is 2. The number of hydrogen-bond donors (Lipinski definition) is 2. The number of ether oxygens (including phenoxy) is 4. The number of hydrogen-bond acceptors (Lipinski definition) is 8. The van der Waals surface area contributed by atoms with Crippen LogP contribution in [0.2, 0.25) is 0 Å². The summed E-state index contributed by atoms with van der Waals surface area (Å²) in [6.07, 6.45) is -5.10. The molecule has 2 N–H and O–H groups in total. The van der Waals surface area contributed by atoms with E-state index in [0.717, 1.165) is 11.4 Å². The fourth-order valence-electron chi connectivity index (χ4n) is 4.59. The summed E-state index contributed by atoms with van der Waals surface area (Å²) in [5, 5.41) is 23.3. The van der Waals surface area contributed by atoms with Gasteiger partial charge in [-0.3, -0.25) is 0 Å². The van der Waals surface area contributed by atoms with Crippen LogP contribution in [-0.4, -0.2) is 46.5 Å². The third kappa shape index (κ3) is 6.19. The number of aliphatic hydroxyl groups excluding tert-OH is 2. The highest BCUT2D eigenvalue weighted by atomic mass is 32.1. The first-order valence-corrected chi connectivity index (χ1v) is 12.1. The van der Waals surface area contributed by atoms with Crippen LogP contribution in [0.5, 0.6) is 11.5 Å². The Bertz CT molecular complexity index is 955. The first-order chi connectivity index (χ1) is 16.1. The molecule has 2 aliphatic rings. The number of fused-ring (bicyclic) bond motifs is 1. The minimum absolute atomic E-state index is 0.0650. The van der Waals surface area contributed by atoms with E-state index in [2.05, 4.69) is 9.72 Å². The van der Waals surface area contributed by atoms with Gasteiger partial charge in [-0.25, -0.2) is 4.98 Å². The maximum atomic E-state index is 12.5. The van der Waals surface area contributed by atoms with Crippen molar-refractivity contribution in [3.8, 4) is 11.5 Å². The van der Waals surface area contributed by atoms with Crippen molar-refractivity contribution in [2.75, 3.05) is 6.61 Å². The molecule has 2 heterocycles. The highest BCUT2D eigenvalue weighted by molar-refractivity contribution is 7.09. The predicted octanol–water partition coefficient (Wildman–Crippen LogP) is 4.75. The van der Waals surface area contributed by atoms with Crippen LogP contribution in [0.3, 0.4) is 0 Å². The Labute approximate surface area is 199 Å². The molecule has 11 heteroatoms. The van der Waals surface area contributed by atoms with Gasteiger partial charge >= 0.3 is 6.36 Å². The van der Waals surface area contributed by atoms with Crippen molar-refractivity contribution in [1.29, 1.82) is 0 Å². The summed E-state index contributed by atoms with van der Waals surface area (Å²) in [7, 11) is 0. The molecule has 1 aliphatic heterocycles. The van der Waals surface area contributed by atoms with Crippen molar-refractivity contribution in [3.63, 3.8) is 0 Å². The second-order valence-electron chi connectivity index (χ2n) is 8.85. The van der Waals surface area contributed by atoms with Crippen LogP contribution in [0.15, 0.2) is 29.6 Å². The van der Waals surface area contributed by atoms with E-state index in [9.17, 15) is 23.4 Å². The van der Waals surface area contributed by atoms with E-state index >= 15 is 0 Å². The largest absolute Gasteiger partial charge is 0.573 e. The van der Waals surface area contributed by atoms with Crippen molar-refractivity contribution in [1.82, 2.24) is 4.98 Å². The Morgan fingerprint density at radius 1 is 1.24 bits per heavy atom. The Morgan fingerprint density at radius 3 is 2.74 bits per heavy atom. The Kier molecular flexibility index (Phi) is 7.68. The van der Waals surface area contributed by atoms with Crippen molar-refractivity contribution in [2.45, 2.75) is 70.2 Å². The minimum Gasteiger partial charge on any atom is -0.493 e. The molecule has 6 atom stereocenters. The van der Waals surface area contributed by atoms with Crippen molar-refractivity contribution in [2.24, 2.45) is 11.8 Å². The molecule has 1 aromatic heterocycles. The molecular formula is C23H28F3NO6S. The van der Waals surface area contributed by atoms with E-state index in [-0.39, 0.29) is 48.3 Å². The molecule has 1 unspecified atom stereocenters. The molecule has 2 fully saturated rings. The lowest BCUT2D eigenvalue weighted by Gasteiger charge is -2.33. The van der Waals surface area contributed by atoms with Gasteiger partial charge in [-0.15, -0.1) is 24.5 Å². The van der Waals surface area contributed by atoms with Gasteiger partial charge in [0.1, 0.15) is 28.3 Å². The SMILES string of the molecule is CC(C)OC(O)c1csc([C@H]2CC[C@@H]3[C@@H](COc4cccc(OC(F)(F)F)c4)[C@H](O)C[C@@H]3O2)n1. The summed E-state index contributed by atoms with van der Waals surface area (Å²) in [5.74, 6) is -0.253.